The summed E-state index contributed by atoms with van der Waals surface area (Å²) in [6.07, 6.45) is 0. The molecule has 0 aliphatic heterocycles. The second-order valence-electron chi connectivity index (χ2n) is 9.12. The van der Waals surface area contributed by atoms with Gasteiger partial charge in [0.1, 0.15) is 11.0 Å². The molecule has 2 heterocycles. The molecule has 0 radical (unpaired) electrons. The lowest BCUT2D eigenvalue weighted by molar-refractivity contribution is -0.0893. The van der Waals surface area contributed by atoms with E-state index < -0.39 is 11.2 Å². The van der Waals surface area contributed by atoms with Crippen LogP contribution in [0.1, 0.15) is 27.7 Å². The Labute approximate surface area is 191 Å². The molecule has 2 aromatic heterocycles. The molecule has 0 saturated heterocycles. The maximum Gasteiger partial charge on any atom is 0.311 e. The van der Waals surface area contributed by atoms with Gasteiger partial charge in [0.15, 0.2) is 0 Å². The minimum atomic E-state index is -0.990. The molecule has 0 aliphatic rings. The van der Waals surface area contributed by atoms with E-state index in [1.165, 1.54) is 11.7 Å². The van der Waals surface area contributed by atoms with Crippen molar-refractivity contribution in [2.75, 3.05) is 0 Å². The summed E-state index contributed by atoms with van der Waals surface area (Å²) in [5, 5.41) is 13.7. The predicted octanol–water partition coefficient (Wildman–Crippen LogP) is 4.60. The van der Waals surface area contributed by atoms with Gasteiger partial charge in [-0.15, -0.1) is 0 Å². The van der Waals surface area contributed by atoms with Crippen molar-refractivity contribution in [3.8, 4) is 11.3 Å². The fourth-order valence-corrected chi connectivity index (χ4v) is 4.37. The molecule has 0 unspecified atom stereocenters. The van der Waals surface area contributed by atoms with Crippen molar-refractivity contribution in [2.24, 2.45) is 0 Å². The van der Waals surface area contributed by atoms with E-state index in [0.717, 1.165) is 49.4 Å². The minimum absolute atomic E-state index is 0.315. The lowest BCUT2D eigenvalue weighted by atomic mass is 9.80. The van der Waals surface area contributed by atoms with Gasteiger partial charge in [-0.1, -0.05) is 54.6 Å². The molecule has 0 fully saturated rings. The molecule has 0 spiro atoms. The van der Waals surface area contributed by atoms with Gasteiger partial charge in [0.25, 0.3) is 0 Å². The number of rotatable bonds is 5. The normalized spacial score (nSPS) is 12.7. The highest BCUT2D eigenvalue weighted by Crippen LogP contribution is 2.35. The van der Waals surface area contributed by atoms with Gasteiger partial charge in [0, 0.05) is 21.7 Å². The van der Waals surface area contributed by atoms with Crippen molar-refractivity contribution in [1.82, 2.24) is 13.7 Å². The number of hydrogen-bond acceptors (Lipinski definition) is 6. The number of benzene rings is 3. The molecule has 3 aromatic carbocycles. The molecule has 5 rings (SSSR count). The summed E-state index contributed by atoms with van der Waals surface area (Å²) in [7, 11) is 0.315. The molecule has 0 saturated carbocycles. The number of para-hydroxylation sites is 1. The average molecular weight is 441 g/mol. The van der Waals surface area contributed by atoms with E-state index in [2.05, 4.69) is 33.0 Å². The van der Waals surface area contributed by atoms with E-state index in [4.69, 9.17) is 9.64 Å². The fraction of sp³-hybridized carbons (Fsp3) is 0.240. The molecule has 32 heavy (non-hydrogen) atoms. The van der Waals surface area contributed by atoms with Gasteiger partial charge in [0.05, 0.1) is 34.1 Å². The van der Waals surface area contributed by atoms with E-state index in [9.17, 15) is 5.11 Å². The summed E-state index contributed by atoms with van der Waals surface area (Å²) in [4.78, 5) is 5.03. The second kappa shape index (κ2) is 7.62. The first kappa shape index (κ1) is 21.0. The van der Waals surface area contributed by atoms with Gasteiger partial charge in [-0.2, -0.15) is 8.75 Å². The molecule has 0 aliphatic carbocycles. The Morgan fingerprint density at radius 3 is 2.31 bits per heavy atom. The summed E-state index contributed by atoms with van der Waals surface area (Å²) in [6.45, 7) is 7.32. The van der Waals surface area contributed by atoms with Crippen molar-refractivity contribution in [3.05, 3.63) is 60.7 Å². The van der Waals surface area contributed by atoms with Gasteiger partial charge in [-0.3, -0.25) is 0 Å². The van der Waals surface area contributed by atoms with E-state index in [1.807, 2.05) is 50.2 Å². The number of pyridine rings is 1. The highest BCUT2D eigenvalue weighted by molar-refractivity contribution is 7.00. The quantitative estimate of drug-likeness (QED) is 0.319. The standard InChI is InChI=1S/C25H24BN3O2S/c1-24(2,30)25(3,4)31-26-18-14-17-20(23-22(18)28-32-29-23)16-12-8-9-13-19(16)27-21(17)15-10-6-5-7-11-15/h5-14,26,30H,1-4H3. The molecule has 160 valence electrons. The summed E-state index contributed by atoms with van der Waals surface area (Å²) in [5.41, 5.74) is 3.81. The van der Waals surface area contributed by atoms with Gasteiger partial charge in [0.2, 0.25) is 0 Å². The zero-order valence-corrected chi connectivity index (χ0v) is 19.4. The second-order valence-corrected chi connectivity index (χ2v) is 9.65. The number of hydrogen-bond donors (Lipinski definition) is 1. The van der Waals surface area contributed by atoms with Gasteiger partial charge in [-0.05, 0) is 39.2 Å². The lowest BCUT2D eigenvalue weighted by Gasteiger charge is -2.37. The molecular weight excluding hydrogens is 417 g/mol. The van der Waals surface area contributed by atoms with Crippen LogP contribution in [0.25, 0.3) is 44.0 Å². The molecule has 0 bridgehead atoms. The van der Waals surface area contributed by atoms with Crippen molar-refractivity contribution >= 4 is 57.4 Å². The van der Waals surface area contributed by atoms with Crippen molar-refractivity contribution < 1.29 is 9.76 Å². The first-order valence-corrected chi connectivity index (χ1v) is 11.4. The van der Waals surface area contributed by atoms with E-state index in [1.54, 1.807) is 13.8 Å². The summed E-state index contributed by atoms with van der Waals surface area (Å²) < 4.78 is 15.5. The first-order chi connectivity index (χ1) is 15.3. The third kappa shape index (κ3) is 3.47. The Morgan fingerprint density at radius 2 is 1.56 bits per heavy atom. The Balaban J connectivity index is 1.79. The third-order valence-corrected chi connectivity index (χ3v) is 6.92. The molecule has 0 amide bonds. The Bertz CT molecular complexity index is 1440. The molecule has 1 N–H and O–H groups in total. The van der Waals surface area contributed by atoms with E-state index >= 15 is 0 Å². The zero-order chi connectivity index (χ0) is 22.5. The molecular formula is C25H24BN3O2S. The highest BCUT2D eigenvalue weighted by atomic mass is 32.1. The summed E-state index contributed by atoms with van der Waals surface area (Å²) in [5.74, 6) is 0. The Morgan fingerprint density at radius 1 is 0.875 bits per heavy atom. The smallest absolute Gasteiger partial charge is 0.311 e. The topological polar surface area (TPSA) is 68.1 Å². The average Bonchev–Trinajstić information content (AvgIpc) is 3.26. The number of fused-ring (bicyclic) bond motifs is 5. The zero-order valence-electron chi connectivity index (χ0n) is 18.6. The number of nitrogens with zero attached hydrogens (tertiary/aromatic N) is 3. The molecule has 5 nitrogen and oxygen atoms in total. The number of aliphatic hydroxyl groups is 1. The maximum absolute atomic E-state index is 10.5. The van der Waals surface area contributed by atoms with E-state index in [0.29, 0.717) is 7.48 Å². The van der Waals surface area contributed by atoms with Crippen LogP contribution in [0.2, 0.25) is 0 Å². The SMILES string of the molecule is CC(C)(O)C(C)(C)OBc1cc2c(-c3ccccc3)nc3ccccc3c2c2nsnc12. The van der Waals surface area contributed by atoms with Crippen molar-refractivity contribution in [3.63, 3.8) is 0 Å². The molecule has 7 heteroatoms. The van der Waals surface area contributed by atoms with Crippen molar-refractivity contribution in [1.29, 1.82) is 0 Å². The van der Waals surface area contributed by atoms with Gasteiger partial charge in [-0.25, -0.2) is 4.98 Å². The van der Waals surface area contributed by atoms with Crippen LogP contribution in [0, 0.1) is 0 Å². The van der Waals surface area contributed by atoms with Crippen LogP contribution in [0.5, 0.6) is 0 Å². The minimum Gasteiger partial charge on any atom is -0.427 e. The highest BCUT2D eigenvalue weighted by Gasteiger charge is 2.36. The van der Waals surface area contributed by atoms with Crippen LogP contribution < -0.4 is 5.46 Å². The van der Waals surface area contributed by atoms with Crippen LogP contribution >= 0.6 is 11.7 Å². The van der Waals surface area contributed by atoms with Crippen LogP contribution in [-0.4, -0.2) is 37.5 Å². The van der Waals surface area contributed by atoms with Crippen LogP contribution in [0.4, 0.5) is 0 Å². The van der Waals surface area contributed by atoms with Crippen LogP contribution in [-0.2, 0) is 4.65 Å². The number of aromatic nitrogens is 3. The summed E-state index contributed by atoms with van der Waals surface area (Å²) in [6, 6.07) is 20.5. The third-order valence-electron chi connectivity index (χ3n) is 6.39. The van der Waals surface area contributed by atoms with Gasteiger partial charge < -0.3 is 9.76 Å². The molecule has 5 aromatic rings. The Hall–Kier alpha value is -2.87. The maximum atomic E-state index is 10.5. The van der Waals surface area contributed by atoms with E-state index in [-0.39, 0.29) is 0 Å². The molecule has 0 atom stereocenters. The summed E-state index contributed by atoms with van der Waals surface area (Å²) >= 11 is 1.21. The lowest BCUT2D eigenvalue weighted by Crippen LogP contribution is -2.49. The Kier molecular flexibility index (Phi) is 5.00. The van der Waals surface area contributed by atoms with Crippen LogP contribution in [0.3, 0.4) is 0 Å². The largest absolute Gasteiger partial charge is 0.427 e. The van der Waals surface area contributed by atoms with Gasteiger partial charge >= 0.3 is 7.48 Å². The predicted molar refractivity (Wildman–Crippen MR) is 134 cm³/mol. The fourth-order valence-electron chi connectivity index (χ4n) is 3.79. The monoisotopic (exact) mass is 441 g/mol. The first-order valence-electron chi connectivity index (χ1n) is 10.6. The van der Waals surface area contributed by atoms with Crippen LogP contribution in [0.15, 0.2) is 60.7 Å². The van der Waals surface area contributed by atoms with Crippen molar-refractivity contribution in [2.45, 2.75) is 38.9 Å².